The fourth-order valence-electron chi connectivity index (χ4n) is 2.75. The van der Waals surface area contributed by atoms with Gasteiger partial charge < -0.3 is 20.8 Å². The molecule has 0 aliphatic carbocycles. The largest absolute Gasteiger partial charge is 0.507 e. The number of fused-ring (bicyclic) bond motifs is 1. The van der Waals surface area contributed by atoms with Crippen molar-refractivity contribution in [3.05, 3.63) is 28.4 Å². The van der Waals surface area contributed by atoms with Crippen molar-refractivity contribution in [3.8, 4) is 22.8 Å². The smallest absolute Gasteiger partial charge is 0.224 e. The van der Waals surface area contributed by atoms with Crippen molar-refractivity contribution in [1.82, 2.24) is 15.1 Å². The van der Waals surface area contributed by atoms with E-state index in [4.69, 9.17) is 17.3 Å². The van der Waals surface area contributed by atoms with E-state index in [-0.39, 0.29) is 22.4 Å². The number of nitrogens with two attached hydrogens (primary N) is 1. The first-order valence-electron chi connectivity index (χ1n) is 7.27. The number of H-pyrrole nitrogens is 1. The molecule has 1 aliphatic rings. The third-order valence-electron chi connectivity index (χ3n) is 3.96. The van der Waals surface area contributed by atoms with Gasteiger partial charge >= 0.3 is 0 Å². The molecule has 23 heavy (non-hydrogen) atoms. The number of nitrogens with zero attached hydrogens (tertiary/aromatic N) is 2. The van der Waals surface area contributed by atoms with Gasteiger partial charge in [-0.1, -0.05) is 11.6 Å². The number of nitrogens with one attached hydrogen (secondary N) is 1. The number of hydrogen-bond donors (Lipinski definition) is 4. The zero-order chi connectivity index (χ0) is 16.6. The third-order valence-corrected chi connectivity index (χ3v) is 4.27. The van der Waals surface area contributed by atoms with Gasteiger partial charge in [-0.2, -0.15) is 5.10 Å². The first kappa shape index (κ1) is 15.6. The Kier molecular flexibility index (Phi) is 4.14. The minimum atomic E-state index is -0.197. The van der Waals surface area contributed by atoms with E-state index in [1.165, 1.54) is 12.1 Å². The van der Waals surface area contributed by atoms with Crippen molar-refractivity contribution in [2.45, 2.75) is 19.4 Å². The van der Waals surface area contributed by atoms with Crippen molar-refractivity contribution in [3.63, 3.8) is 0 Å². The molecule has 0 bridgehead atoms. The molecule has 0 saturated carbocycles. The molecular formula is C15H17ClN4O3. The minimum absolute atomic E-state index is 0.00161. The van der Waals surface area contributed by atoms with Crippen molar-refractivity contribution < 1.29 is 15.0 Å². The number of hydrogen-bond acceptors (Lipinski definition) is 5. The standard InChI is InChI=1S/C15H17ClN4O3/c16-10-5-8(12(21)6-13(10)22)15-9-7-20(14(23)1-3-17)4-2-11(9)18-19-15/h5-6,21-22H,1-4,7,17H2,(H,18,19). The third kappa shape index (κ3) is 2.85. The molecule has 2 aromatic rings. The Morgan fingerprint density at radius 3 is 2.91 bits per heavy atom. The molecule has 0 radical (unpaired) electrons. The van der Waals surface area contributed by atoms with Gasteiger partial charge in [0, 0.05) is 55.4 Å². The van der Waals surface area contributed by atoms with E-state index in [0.717, 1.165) is 11.3 Å². The fraction of sp³-hybridized carbons (Fsp3) is 0.333. The van der Waals surface area contributed by atoms with Crippen LogP contribution in [0.25, 0.3) is 11.3 Å². The highest BCUT2D eigenvalue weighted by molar-refractivity contribution is 6.32. The van der Waals surface area contributed by atoms with Crippen LogP contribution in [-0.4, -0.2) is 44.3 Å². The summed E-state index contributed by atoms with van der Waals surface area (Å²) >= 11 is 5.93. The van der Waals surface area contributed by atoms with Crippen LogP contribution >= 0.6 is 11.6 Å². The van der Waals surface area contributed by atoms with E-state index in [2.05, 4.69) is 10.2 Å². The predicted octanol–water partition coefficient (Wildman–Crippen LogP) is 1.37. The summed E-state index contributed by atoms with van der Waals surface area (Å²) in [6.07, 6.45) is 0.962. The van der Waals surface area contributed by atoms with E-state index < -0.39 is 0 Å². The Morgan fingerprint density at radius 2 is 2.17 bits per heavy atom. The van der Waals surface area contributed by atoms with Gasteiger partial charge in [0.25, 0.3) is 0 Å². The number of halogens is 1. The number of phenolic OH excluding ortho intramolecular Hbond substituents is 2. The highest BCUT2D eigenvalue weighted by Crippen LogP contribution is 2.39. The lowest BCUT2D eigenvalue weighted by atomic mass is 10.00. The zero-order valence-corrected chi connectivity index (χ0v) is 13.1. The van der Waals surface area contributed by atoms with Gasteiger partial charge in [-0.05, 0) is 6.07 Å². The van der Waals surface area contributed by atoms with Gasteiger partial charge in [-0.15, -0.1) is 0 Å². The van der Waals surface area contributed by atoms with Crippen LogP contribution in [0.1, 0.15) is 17.7 Å². The quantitative estimate of drug-likeness (QED) is 0.675. The lowest BCUT2D eigenvalue weighted by Crippen LogP contribution is -2.36. The maximum absolute atomic E-state index is 12.1. The van der Waals surface area contributed by atoms with Crippen LogP contribution in [0.4, 0.5) is 0 Å². The second-order valence-electron chi connectivity index (χ2n) is 5.45. The second kappa shape index (κ2) is 6.10. The van der Waals surface area contributed by atoms with Crippen molar-refractivity contribution in [1.29, 1.82) is 0 Å². The molecule has 0 saturated heterocycles. The lowest BCUT2D eigenvalue weighted by Gasteiger charge is -2.27. The Balaban J connectivity index is 1.97. The van der Waals surface area contributed by atoms with Crippen LogP contribution in [0, 0.1) is 0 Å². The molecule has 2 heterocycles. The zero-order valence-electron chi connectivity index (χ0n) is 12.3. The second-order valence-corrected chi connectivity index (χ2v) is 5.86. The average Bonchev–Trinajstić information content (AvgIpc) is 2.94. The summed E-state index contributed by atoms with van der Waals surface area (Å²) in [7, 11) is 0. The van der Waals surface area contributed by atoms with Gasteiger partial charge in [0.2, 0.25) is 5.91 Å². The van der Waals surface area contributed by atoms with Crippen LogP contribution in [-0.2, 0) is 17.8 Å². The lowest BCUT2D eigenvalue weighted by molar-refractivity contribution is -0.131. The van der Waals surface area contributed by atoms with E-state index in [0.29, 0.717) is 43.7 Å². The van der Waals surface area contributed by atoms with Crippen LogP contribution in [0.15, 0.2) is 12.1 Å². The molecule has 8 heteroatoms. The maximum atomic E-state index is 12.1. The van der Waals surface area contributed by atoms with Crippen LogP contribution in [0.3, 0.4) is 0 Å². The molecule has 0 unspecified atom stereocenters. The summed E-state index contributed by atoms with van der Waals surface area (Å²) in [6.45, 7) is 1.32. The molecular weight excluding hydrogens is 320 g/mol. The Labute approximate surface area is 137 Å². The Bertz CT molecular complexity index is 759. The molecule has 5 N–H and O–H groups in total. The van der Waals surface area contributed by atoms with Crippen LogP contribution in [0.2, 0.25) is 5.02 Å². The van der Waals surface area contributed by atoms with Gasteiger partial charge in [-0.25, -0.2) is 0 Å². The monoisotopic (exact) mass is 336 g/mol. The van der Waals surface area contributed by atoms with E-state index in [1.807, 2.05) is 0 Å². The first-order chi connectivity index (χ1) is 11.0. The molecule has 1 aliphatic heterocycles. The Morgan fingerprint density at radius 1 is 1.39 bits per heavy atom. The fourth-order valence-corrected chi connectivity index (χ4v) is 2.92. The number of amides is 1. The van der Waals surface area contributed by atoms with Crippen molar-refractivity contribution in [2.75, 3.05) is 13.1 Å². The molecule has 0 fully saturated rings. The summed E-state index contributed by atoms with van der Waals surface area (Å²) in [4.78, 5) is 13.8. The average molecular weight is 337 g/mol. The predicted molar refractivity (Wildman–Crippen MR) is 85.2 cm³/mol. The van der Waals surface area contributed by atoms with Gasteiger partial charge in [0.15, 0.2) is 0 Å². The van der Waals surface area contributed by atoms with Gasteiger partial charge in [0.05, 0.1) is 5.02 Å². The van der Waals surface area contributed by atoms with Crippen LogP contribution < -0.4 is 5.73 Å². The Hall–Kier alpha value is -2.25. The van der Waals surface area contributed by atoms with Crippen molar-refractivity contribution in [2.24, 2.45) is 5.73 Å². The number of rotatable bonds is 3. The number of aromatic amines is 1. The molecule has 1 aromatic heterocycles. The van der Waals surface area contributed by atoms with Crippen LogP contribution in [0.5, 0.6) is 11.5 Å². The maximum Gasteiger partial charge on any atom is 0.224 e. The molecule has 0 atom stereocenters. The number of carbonyl (C=O) groups excluding carboxylic acids is 1. The van der Waals surface area contributed by atoms with Crippen molar-refractivity contribution >= 4 is 17.5 Å². The number of aromatic nitrogens is 2. The molecule has 1 amide bonds. The molecule has 7 nitrogen and oxygen atoms in total. The normalized spacial score (nSPS) is 13.9. The van der Waals surface area contributed by atoms with Gasteiger partial charge in [0.1, 0.15) is 17.2 Å². The van der Waals surface area contributed by atoms with E-state index in [1.54, 1.807) is 4.90 Å². The number of phenols is 2. The topological polar surface area (TPSA) is 115 Å². The molecule has 122 valence electrons. The minimum Gasteiger partial charge on any atom is -0.507 e. The summed E-state index contributed by atoms with van der Waals surface area (Å²) < 4.78 is 0. The van der Waals surface area contributed by atoms with Gasteiger partial charge in [-0.3, -0.25) is 9.89 Å². The summed E-state index contributed by atoms with van der Waals surface area (Å²) in [5.74, 6) is -0.318. The molecule has 3 rings (SSSR count). The summed E-state index contributed by atoms with van der Waals surface area (Å²) in [5, 5.41) is 27.0. The summed E-state index contributed by atoms with van der Waals surface area (Å²) in [5.41, 5.74) is 8.17. The number of aromatic hydroxyl groups is 2. The van der Waals surface area contributed by atoms with E-state index >= 15 is 0 Å². The highest BCUT2D eigenvalue weighted by Gasteiger charge is 2.26. The van der Waals surface area contributed by atoms with E-state index in [9.17, 15) is 15.0 Å². The molecule has 1 aromatic carbocycles. The SMILES string of the molecule is NCCC(=O)N1CCc2[nH]nc(-c3cc(Cl)c(O)cc3O)c2C1. The molecule has 0 spiro atoms. The number of benzene rings is 1. The number of carbonyl (C=O) groups is 1. The first-order valence-corrected chi connectivity index (χ1v) is 7.65. The summed E-state index contributed by atoms with van der Waals surface area (Å²) in [6, 6.07) is 2.64. The highest BCUT2D eigenvalue weighted by atomic mass is 35.5.